The van der Waals surface area contributed by atoms with E-state index in [0.29, 0.717) is 19.8 Å². The van der Waals surface area contributed by atoms with Crippen LogP contribution in [0.15, 0.2) is 12.1 Å². The number of ether oxygens (including phenoxy) is 3. The third-order valence-electron chi connectivity index (χ3n) is 4.66. The molecular weight excluding hydrogens is 286 g/mol. The Hall–Kier alpha value is -1.95. The number of nitrogens with zero attached hydrogens (tertiary/aromatic N) is 1. The van der Waals surface area contributed by atoms with Gasteiger partial charge in [0.2, 0.25) is 0 Å². The first-order valence-corrected chi connectivity index (χ1v) is 7.69. The monoisotopic (exact) mass is 305 g/mol. The fraction of sp³-hybridized carbons (Fsp3) is 0.562. The molecule has 1 atom stereocenters. The minimum absolute atomic E-state index is 0.0824. The van der Waals surface area contributed by atoms with Gasteiger partial charge in [-0.1, -0.05) is 0 Å². The van der Waals surface area contributed by atoms with Gasteiger partial charge in [-0.15, -0.1) is 0 Å². The van der Waals surface area contributed by atoms with Gasteiger partial charge in [0.1, 0.15) is 24.6 Å². The normalized spacial score (nSPS) is 26.5. The molecule has 6 heteroatoms. The number of carbonyl (C=O) groups is 1. The Morgan fingerprint density at radius 1 is 1.18 bits per heavy atom. The van der Waals surface area contributed by atoms with Crippen LogP contribution in [-0.4, -0.2) is 54.4 Å². The maximum Gasteiger partial charge on any atom is 0.317 e. The average Bonchev–Trinajstić information content (AvgIpc) is 2.87. The lowest BCUT2D eigenvalue weighted by molar-refractivity contribution is -0.138. The van der Waals surface area contributed by atoms with Crippen molar-refractivity contribution in [2.45, 2.75) is 24.9 Å². The standard InChI is InChI=1S/C16H19NO5/c18-15(19)9-17-4-3-16(10-17)2-1-11-7-13-14(8-12(11)22-16)21-6-5-20-13/h7-8H,1-6,9-10H2,(H,18,19). The first-order valence-electron chi connectivity index (χ1n) is 7.69. The van der Waals surface area contributed by atoms with Crippen LogP contribution < -0.4 is 14.2 Å². The van der Waals surface area contributed by atoms with Crippen LogP contribution in [0.5, 0.6) is 17.2 Å². The Morgan fingerprint density at radius 2 is 1.95 bits per heavy atom. The average molecular weight is 305 g/mol. The maximum atomic E-state index is 10.9. The minimum atomic E-state index is -0.784. The Morgan fingerprint density at radius 3 is 2.73 bits per heavy atom. The summed E-state index contributed by atoms with van der Waals surface area (Å²) in [4.78, 5) is 12.8. The molecule has 1 fully saturated rings. The molecule has 0 aromatic heterocycles. The quantitative estimate of drug-likeness (QED) is 0.888. The number of aryl methyl sites for hydroxylation is 1. The molecule has 0 radical (unpaired) electrons. The van der Waals surface area contributed by atoms with Crippen LogP contribution in [0.4, 0.5) is 0 Å². The van der Waals surface area contributed by atoms with Crippen LogP contribution in [-0.2, 0) is 11.2 Å². The summed E-state index contributed by atoms with van der Waals surface area (Å²) >= 11 is 0. The van der Waals surface area contributed by atoms with Crippen molar-refractivity contribution in [2.75, 3.05) is 32.8 Å². The largest absolute Gasteiger partial charge is 0.486 e. The summed E-state index contributed by atoms with van der Waals surface area (Å²) in [5.41, 5.74) is 0.887. The van der Waals surface area contributed by atoms with Crippen molar-refractivity contribution in [1.29, 1.82) is 0 Å². The third kappa shape index (κ3) is 2.37. The number of hydrogen-bond donors (Lipinski definition) is 1. The van der Waals surface area contributed by atoms with Crippen molar-refractivity contribution < 1.29 is 24.1 Å². The van der Waals surface area contributed by atoms with E-state index < -0.39 is 5.97 Å². The molecule has 4 rings (SSSR count). The molecule has 0 amide bonds. The van der Waals surface area contributed by atoms with Crippen molar-refractivity contribution in [3.05, 3.63) is 17.7 Å². The van der Waals surface area contributed by atoms with Gasteiger partial charge >= 0.3 is 5.97 Å². The molecule has 1 aromatic rings. The summed E-state index contributed by atoms with van der Waals surface area (Å²) in [5, 5.41) is 8.94. The second-order valence-corrected chi connectivity index (χ2v) is 6.24. The van der Waals surface area contributed by atoms with Crippen LogP contribution in [0.1, 0.15) is 18.4 Å². The summed E-state index contributed by atoms with van der Waals surface area (Å²) in [5.74, 6) is 1.60. The molecule has 0 saturated carbocycles. The predicted molar refractivity (Wildman–Crippen MR) is 77.8 cm³/mol. The molecular formula is C16H19NO5. The van der Waals surface area contributed by atoms with Gasteiger partial charge in [0, 0.05) is 25.6 Å². The number of rotatable bonds is 2. The minimum Gasteiger partial charge on any atom is -0.486 e. The van der Waals surface area contributed by atoms with E-state index in [1.54, 1.807) is 0 Å². The van der Waals surface area contributed by atoms with E-state index in [2.05, 4.69) is 0 Å². The highest BCUT2D eigenvalue weighted by Crippen LogP contribution is 2.44. The third-order valence-corrected chi connectivity index (χ3v) is 4.66. The Labute approximate surface area is 128 Å². The smallest absolute Gasteiger partial charge is 0.317 e. The zero-order valence-corrected chi connectivity index (χ0v) is 12.3. The van der Waals surface area contributed by atoms with E-state index >= 15 is 0 Å². The molecule has 1 aromatic carbocycles. The lowest BCUT2D eigenvalue weighted by atomic mass is 9.90. The van der Waals surface area contributed by atoms with E-state index in [0.717, 1.165) is 48.6 Å². The summed E-state index contributed by atoms with van der Waals surface area (Å²) in [6.45, 7) is 2.67. The molecule has 0 aliphatic carbocycles. The number of likely N-dealkylation sites (tertiary alicyclic amines) is 1. The number of aliphatic carboxylic acids is 1. The second kappa shape index (κ2) is 5.05. The number of carboxylic acids is 1. The number of fused-ring (bicyclic) bond motifs is 2. The lowest BCUT2D eigenvalue weighted by Gasteiger charge is -2.36. The van der Waals surface area contributed by atoms with Crippen LogP contribution in [0.2, 0.25) is 0 Å². The van der Waals surface area contributed by atoms with Crippen molar-refractivity contribution in [3.8, 4) is 17.2 Å². The maximum absolute atomic E-state index is 10.9. The second-order valence-electron chi connectivity index (χ2n) is 6.24. The predicted octanol–water partition coefficient (Wildman–Crippen LogP) is 1.31. The molecule has 1 saturated heterocycles. The van der Waals surface area contributed by atoms with Gasteiger partial charge in [-0.05, 0) is 24.5 Å². The Balaban J connectivity index is 1.55. The highest BCUT2D eigenvalue weighted by molar-refractivity contribution is 5.69. The number of carboxylic acid groups (broad SMARTS) is 1. The van der Waals surface area contributed by atoms with E-state index in [-0.39, 0.29) is 12.1 Å². The molecule has 1 N–H and O–H groups in total. The van der Waals surface area contributed by atoms with Gasteiger partial charge in [-0.2, -0.15) is 0 Å². The molecule has 3 aliphatic heterocycles. The number of hydrogen-bond acceptors (Lipinski definition) is 5. The molecule has 3 aliphatic rings. The summed E-state index contributed by atoms with van der Waals surface area (Å²) in [6.07, 6.45) is 2.71. The van der Waals surface area contributed by atoms with Gasteiger partial charge in [0.25, 0.3) is 0 Å². The van der Waals surface area contributed by atoms with E-state index in [9.17, 15) is 4.79 Å². The van der Waals surface area contributed by atoms with Crippen molar-refractivity contribution in [3.63, 3.8) is 0 Å². The molecule has 0 bridgehead atoms. The first-order chi connectivity index (χ1) is 10.6. The van der Waals surface area contributed by atoms with Gasteiger partial charge in [-0.3, -0.25) is 9.69 Å². The zero-order chi connectivity index (χ0) is 15.2. The highest BCUT2D eigenvalue weighted by Gasteiger charge is 2.43. The highest BCUT2D eigenvalue weighted by atomic mass is 16.6. The van der Waals surface area contributed by atoms with Crippen molar-refractivity contribution in [2.24, 2.45) is 0 Å². The van der Waals surface area contributed by atoms with Gasteiger partial charge in [0.15, 0.2) is 11.5 Å². The Kier molecular flexibility index (Phi) is 3.14. The van der Waals surface area contributed by atoms with Crippen LogP contribution >= 0.6 is 0 Å². The van der Waals surface area contributed by atoms with Gasteiger partial charge in [-0.25, -0.2) is 0 Å². The van der Waals surface area contributed by atoms with E-state index in [4.69, 9.17) is 19.3 Å². The molecule has 6 nitrogen and oxygen atoms in total. The summed E-state index contributed by atoms with van der Waals surface area (Å²) in [6, 6.07) is 3.94. The van der Waals surface area contributed by atoms with E-state index in [1.165, 1.54) is 0 Å². The van der Waals surface area contributed by atoms with Crippen molar-refractivity contribution in [1.82, 2.24) is 4.90 Å². The fourth-order valence-electron chi connectivity index (χ4n) is 3.59. The fourth-order valence-corrected chi connectivity index (χ4v) is 3.59. The zero-order valence-electron chi connectivity index (χ0n) is 12.3. The van der Waals surface area contributed by atoms with Crippen LogP contribution in [0.3, 0.4) is 0 Å². The molecule has 22 heavy (non-hydrogen) atoms. The summed E-state index contributed by atoms with van der Waals surface area (Å²) in [7, 11) is 0. The molecule has 1 spiro atoms. The van der Waals surface area contributed by atoms with Crippen LogP contribution in [0.25, 0.3) is 0 Å². The summed E-state index contributed by atoms with van der Waals surface area (Å²) < 4.78 is 17.5. The molecule has 118 valence electrons. The van der Waals surface area contributed by atoms with E-state index in [1.807, 2.05) is 17.0 Å². The Bertz CT molecular complexity index is 617. The SMILES string of the molecule is O=C(O)CN1CCC2(CCc3cc4c(cc3O2)OCCO4)C1. The molecule has 3 heterocycles. The topological polar surface area (TPSA) is 68.2 Å². The van der Waals surface area contributed by atoms with Crippen LogP contribution in [0, 0.1) is 0 Å². The van der Waals surface area contributed by atoms with Crippen molar-refractivity contribution >= 4 is 5.97 Å². The lowest BCUT2D eigenvalue weighted by Crippen LogP contribution is -2.43. The number of benzene rings is 1. The first kappa shape index (κ1) is 13.7. The van der Waals surface area contributed by atoms with Gasteiger partial charge in [0.05, 0.1) is 6.54 Å². The molecule has 1 unspecified atom stereocenters. The van der Waals surface area contributed by atoms with Gasteiger partial charge < -0.3 is 19.3 Å².